The minimum absolute atomic E-state index is 0.00530. The Balaban J connectivity index is 1.61. The molecular formula is C13H19N3OS. The lowest BCUT2D eigenvalue weighted by Crippen LogP contribution is -2.33. The highest BCUT2D eigenvalue weighted by Crippen LogP contribution is 2.48. The fraction of sp³-hybridized carbons (Fsp3) is 0.692. The van der Waals surface area contributed by atoms with E-state index in [1.165, 1.54) is 37.0 Å². The van der Waals surface area contributed by atoms with Gasteiger partial charge in [-0.2, -0.15) is 0 Å². The van der Waals surface area contributed by atoms with Crippen LogP contribution in [0.3, 0.4) is 0 Å². The number of hydrogen-bond acceptors (Lipinski definition) is 4. The van der Waals surface area contributed by atoms with Gasteiger partial charge in [-0.1, -0.05) is 6.42 Å². The Hall–Kier alpha value is -1.10. The van der Waals surface area contributed by atoms with Gasteiger partial charge in [0.25, 0.3) is 5.91 Å². The van der Waals surface area contributed by atoms with E-state index in [1.54, 1.807) is 5.38 Å². The number of thiazole rings is 1. The number of aromatic nitrogens is 1. The maximum Gasteiger partial charge on any atom is 0.273 e. The highest BCUT2D eigenvalue weighted by molar-refractivity contribution is 7.13. The lowest BCUT2D eigenvalue weighted by molar-refractivity contribution is 0.0749. The van der Waals surface area contributed by atoms with E-state index >= 15 is 0 Å². The Morgan fingerprint density at radius 3 is 2.94 bits per heavy atom. The molecule has 1 aromatic heterocycles. The zero-order valence-corrected chi connectivity index (χ0v) is 11.4. The van der Waals surface area contributed by atoms with Crippen molar-refractivity contribution >= 4 is 22.4 Å². The molecule has 2 N–H and O–H groups in total. The predicted octanol–water partition coefficient (Wildman–Crippen LogP) is 2.23. The van der Waals surface area contributed by atoms with Gasteiger partial charge < -0.3 is 10.6 Å². The van der Waals surface area contributed by atoms with E-state index in [9.17, 15) is 4.79 Å². The van der Waals surface area contributed by atoms with E-state index in [1.807, 2.05) is 11.9 Å². The van der Waals surface area contributed by atoms with E-state index in [0.717, 1.165) is 18.4 Å². The SMILES string of the molecule is CN(CC1CC2CCC1C2)C(=O)c1csc(N)n1. The molecule has 0 saturated heterocycles. The zero-order chi connectivity index (χ0) is 12.7. The van der Waals surface area contributed by atoms with Gasteiger partial charge in [-0.25, -0.2) is 4.98 Å². The molecule has 98 valence electrons. The summed E-state index contributed by atoms with van der Waals surface area (Å²) >= 11 is 1.32. The van der Waals surface area contributed by atoms with E-state index in [4.69, 9.17) is 5.73 Å². The third-order valence-electron chi connectivity index (χ3n) is 4.48. The van der Waals surface area contributed by atoms with Gasteiger partial charge in [0.15, 0.2) is 5.13 Å². The number of fused-ring (bicyclic) bond motifs is 2. The Labute approximate surface area is 111 Å². The number of rotatable bonds is 3. The number of nitrogen functional groups attached to an aromatic ring is 1. The third kappa shape index (κ3) is 2.11. The second-order valence-electron chi connectivity index (χ2n) is 5.69. The van der Waals surface area contributed by atoms with Crippen LogP contribution in [0.1, 0.15) is 36.2 Å². The van der Waals surface area contributed by atoms with Crippen LogP contribution in [0.4, 0.5) is 5.13 Å². The molecule has 2 saturated carbocycles. The Morgan fingerprint density at radius 2 is 2.39 bits per heavy atom. The van der Waals surface area contributed by atoms with E-state index < -0.39 is 0 Å². The summed E-state index contributed by atoms with van der Waals surface area (Å²) < 4.78 is 0. The molecule has 0 aliphatic heterocycles. The molecule has 18 heavy (non-hydrogen) atoms. The van der Waals surface area contributed by atoms with Gasteiger partial charge in [0, 0.05) is 19.0 Å². The smallest absolute Gasteiger partial charge is 0.273 e. The van der Waals surface area contributed by atoms with Gasteiger partial charge in [-0.15, -0.1) is 11.3 Å². The molecule has 3 rings (SSSR count). The number of amides is 1. The van der Waals surface area contributed by atoms with E-state index in [-0.39, 0.29) is 5.91 Å². The largest absolute Gasteiger partial charge is 0.375 e. The highest BCUT2D eigenvalue weighted by atomic mass is 32.1. The molecule has 2 aliphatic rings. The van der Waals surface area contributed by atoms with Gasteiger partial charge in [0.05, 0.1) is 0 Å². The van der Waals surface area contributed by atoms with Crippen LogP contribution in [0.15, 0.2) is 5.38 Å². The van der Waals surface area contributed by atoms with Gasteiger partial charge in [0.1, 0.15) is 5.69 Å². The average Bonchev–Trinajstić information content (AvgIpc) is 3.03. The third-order valence-corrected chi connectivity index (χ3v) is 5.15. The highest BCUT2D eigenvalue weighted by Gasteiger charge is 2.40. The number of anilines is 1. The maximum atomic E-state index is 12.2. The summed E-state index contributed by atoms with van der Waals surface area (Å²) in [7, 11) is 1.88. The van der Waals surface area contributed by atoms with Gasteiger partial charge in [-0.3, -0.25) is 4.79 Å². The fourth-order valence-electron chi connectivity index (χ4n) is 3.62. The monoisotopic (exact) mass is 265 g/mol. The summed E-state index contributed by atoms with van der Waals surface area (Å²) in [6.45, 7) is 0.872. The standard InChI is InChI=1S/C13H19N3OS/c1-16(12(17)11-7-18-13(14)15-11)6-10-5-8-2-3-9(10)4-8/h7-10H,2-6H2,1H3,(H2,14,15). The van der Waals surface area contributed by atoms with Crippen LogP contribution < -0.4 is 5.73 Å². The first-order valence-corrected chi connectivity index (χ1v) is 7.48. The number of nitrogens with two attached hydrogens (primary N) is 1. The molecule has 3 atom stereocenters. The quantitative estimate of drug-likeness (QED) is 0.911. The molecule has 1 heterocycles. The van der Waals surface area contributed by atoms with Crippen molar-refractivity contribution in [2.24, 2.45) is 17.8 Å². The van der Waals surface area contributed by atoms with Crippen LogP contribution in [0.5, 0.6) is 0 Å². The average molecular weight is 265 g/mol. The van der Waals surface area contributed by atoms with Gasteiger partial charge in [0.2, 0.25) is 0 Å². The maximum absolute atomic E-state index is 12.2. The van der Waals surface area contributed by atoms with Gasteiger partial charge in [-0.05, 0) is 37.0 Å². The molecule has 0 spiro atoms. The summed E-state index contributed by atoms with van der Waals surface area (Å²) in [5.74, 6) is 2.49. The summed E-state index contributed by atoms with van der Waals surface area (Å²) in [4.78, 5) is 18.0. The first kappa shape index (κ1) is 12.0. The topological polar surface area (TPSA) is 59.2 Å². The summed E-state index contributed by atoms with van der Waals surface area (Å²) in [5.41, 5.74) is 6.06. The molecule has 0 radical (unpaired) electrons. The lowest BCUT2D eigenvalue weighted by atomic mass is 9.88. The lowest BCUT2D eigenvalue weighted by Gasteiger charge is -2.26. The van der Waals surface area contributed by atoms with Crippen LogP contribution >= 0.6 is 11.3 Å². The predicted molar refractivity (Wildman–Crippen MR) is 72.4 cm³/mol. The molecule has 1 amide bonds. The Morgan fingerprint density at radius 1 is 1.56 bits per heavy atom. The minimum Gasteiger partial charge on any atom is -0.375 e. The van der Waals surface area contributed by atoms with Crippen LogP contribution in [-0.2, 0) is 0 Å². The van der Waals surface area contributed by atoms with Crippen molar-refractivity contribution in [3.8, 4) is 0 Å². The minimum atomic E-state index is 0.00530. The second kappa shape index (κ2) is 4.53. The first-order valence-electron chi connectivity index (χ1n) is 6.60. The Kier molecular flexibility index (Phi) is 3.01. The number of carbonyl (C=O) groups is 1. The van der Waals surface area contributed by atoms with Crippen molar-refractivity contribution in [3.63, 3.8) is 0 Å². The van der Waals surface area contributed by atoms with Crippen molar-refractivity contribution < 1.29 is 4.79 Å². The summed E-state index contributed by atoms with van der Waals surface area (Å²) in [6.07, 6.45) is 5.46. The van der Waals surface area contributed by atoms with Crippen LogP contribution in [-0.4, -0.2) is 29.4 Å². The fourth-order valence-corrected chi connectivity index (χ4v) is 4.15. The van der Waals surface area contributed by atoms with Crippen LogP contribution in [0.25, 0.3) is 0 Å². The summed E-state index contributed by atoms with van der Waals surface area (Å²) in [5, 5.41) is 2.21. The molecule has 2 bridgehead atoms. The molecule has 2 aliphatic carbocycles. The molecule has 5 heteroatoms. The van der Waals surface area contributed by atoms with E-state index in [0.29, 0.717) is 16.7 Å². The van der Waals surface area contributed by atoms with E-state index in [2.05, 4.69) is 4.98 Å². The molecule has 1 aromatic rings. The second-order valence-corrected chi connectivity index (χ2v) is 6.58. The molecule has 3 unspecified atom stereocenters. The van der Waals surface area contributed by atoms with Crippen molar-refractivity contribution in [1.82, 2.24) is 9.88 Å². The summed E-state index contributed by atoms with van der Waals surface area (Å²) in [6, 6.07) is 0. The molecule has 4 nitrogen and oxygen atoms in total. The number of nitrogens with zero attached hydrogens (tertiary/aromatic N) is 2. The van der Waals surface area contributed by atoms with Gasteiger partial charge >= 0.3 is 0 Å². The van der Waals surface area contributed by atoms with Crippen molar-refractivity contribution in [3.05, 3.63) is 11.1 Å². The van der Waals surface area contributed by atoms with Crippen molar-refractivity contribution in [2.75, 3.05) is 19.3 Å². The number of carbonyl (C=O) groups excluding carboxylic acids is 1. The molecule has 0 aromatic carbocycles. The zero-order valence-electron chi connectivity index (χ0n) is 10.6. The Bertz CT molecular complexity index is 459. The molecule has 2 fully saturated rings. The molecular weight excluding hydrogens is 246 g/mol. The van der Waals surface area contributed by atoms with Crippen molar-refractivity contribution in [2.45, 2.75) is 25.7 Å². The first-order chi connectivity index (χ1) is 8.63. The number of hydrogen-bond donors (Lipinski definition) is 1. The normalized spacial score (nSPS) is 29.7. The van der Waals surface area contributed by atoms with Crippen LogP contribution in [0, 0.1) is 17.8 Å². The van der Waals surface area contributed by atoms with Crippen LogP contribution in [0.2, 0.25) is 0 Å². The van der Waals surface area contributed by atoms with Crippen molar-refractivity contribution in [1.29, 1.82) is 0 Å².